The molecule has 2 heterocycles. The highest BCUT2D eigenvalue weighted by atomic mass is 16.5. The highest BCUT2D eigenvalue weighted by Crippen LogP contribution is 2.27. The van der Waals surface area contributed by atoms with E-state index >= 15 is 0 Å². The average molecular weight is 287 g/mol. The third-order valence-corrected chi connectivity index (χ3v) is 3.14. The predicted octanol–water partition coefficient (Wildman–Crippen LogP) is 1.18. The number of anilines is 1. The first kappa shape index (κ1) is 13.6. The minimum absolute atomic E-state index is 0.233. The molecule has 3 rings (SSSR count). The molecule has 0 aliphatic heterocycles. The predicted molar refractivity (Wildman–Crippen MR) is 79.3 cm³/mol. The molecule has 0 saturated heterocycles. The number of methoxy groups -OCH3 is 1. The van der Waals surface area contributed by atoms with Gasteiger partial charge in [0.05, 0.1) is 12.7 Å². The SMILES string of the molecule is COc1cccc2c1nc(N)n1nc(CC(C)(C)O)nc21. The summed E-state index contributed by atoms with van der Waals surface area (Å²) in [6, 6.07) is 5.57. The molecule has 2 aromatic heterocycles. The van der Waals surface area contributed by atoms with E-state index in [1.807, 2.05) is 18.2 Å². The van der Waals surface area contributed by atoms with Crippen molar-refractivity contribution >= 4 is 22.5 Å². The lowest BCUT2D eigenvalue weighted by Gasteiger charge is -2.13. The number of aromatic nitrogens is 4. The molecule has 1 aromatic carbocycles. The average Bonchev–Trinajstić information content (AvgIpc) is 2.80. The number of hydrogen-bond acceptors (Lipinski definition) is 6. The molecule has 3 N–H and O–H groups in total. The molecule has 7 nitrogen and oxygen atoms in total. The molecule has 0 unspecified atom stereocenters. The summed E-state index contributed by atoms with van der Waals surface area (Å²) in [5.74, 6) is 1.39. The van der Waals surface area contributed by atoms with E-state index in [0.29, 0.717) is 29.2 Å². The largest absolute Gasteiger partial charge is 0.494 e. The highest BCUT2D eigenvalue weighted by Gasteiger charge is 2.19. The van der Waals surface area contributed by atoms with Crippen LogP contribution in [0.1, 0.15) is 19.7 Å². The third kappa shape index (κ3) is 2.36. The Balaban J connectivity index is 2.29. The Bertz CT molecular complexity index is 819. The summed E-state index contributed by atoms with van der Waals surface area (Å²) in [6.07, 6.45) is 0.333. The van der Waals surface area contributed by atoms with E-state index in [1.54, 1.807) is 21.0 Å². The molecule has 0 aliphatic rings. The fourth-order valence-electron chi connectivity index (χ4n) is 2.30. The van der Waals surface area contributed by atoms with Crippen molar-refractivity contribution in [3.8, 4) is 5.75 Å². The van der Waals surface area contributed by atoms with Crippen molar-refractivity contribution in [2.75, 3.05) is 12.8 Å². The van der Waals surface area contributed by atoms with Crippen LogP contribution in [0.4, 0.5) is 5.95 Å². The quantitative estimate of drug-likeness (QED) is 0.750. The van der Waals surface area contributed by atoms with E-state index in [1.165, 1.54) is 4.52 Å². The number of nitrogens with zero attached hydrogens (tertiary/aromatic N) is 4. The molecule has 0 radical (unpaired) electrons. The number of ether oxygens (including phenoxy) is 1. The lowest BCUT2D eigenvalue weighted by molar-refractivity contribution is 0.0789. The number of rotatable bonds is 3. The number of nitrogen functional groups attached to an aromatic ring is 1. The van der Waals surface area contributed by atoms with Crippen LogP contribution in [0, 0.1) is 0 Å². The second-order valence-corrected chi connectivity index (χ2v) is 5.58. The van der Waals surface area contributed by atoms with Crippen LogP contribution >= 0.6 is 0 Å². The normalized spacial score (nSPS) is 12.2. The lowest BCUT2D eigenvalue weighted by atomic mass is 10.1. The van der Waals surface area contributed by atoms with Gasteiger partial charge in [-0.05, 0) is 26.0 Å². The fourth-order valence-corrected chi connectivity index (χ4v) is 2.30. The maximum atomic E-state index is 9.90. The molecule has 0 amide bonds. The number of fused-ring (bicyclic) bond motifs is 3. The molecule has 0 spiro atoms. The molecule has 3 aromatic rings. The molecule has 110 valence electrons. The van der Waals surface area contributed by atoms with Gasteiger partial charge < -0.3 is 15.6 Å². The number of aliphatic hydroxyl groups is 1. The molecule has 0 atom stereocenters. The monoisotopic (exact) mass is 287 g/mol. The van der Waals surface area contributed by atoms with Gasteiger partial charge in [-0.3, -0.25) is 0 Å². The van der Waals surface area contributed by atoms with Crippen molar-refractivity contribution in [3.63, 3.8) is 0 Å². The highest BCUT2D eigenvalue weighted by molar-refractivity contribution is 5.95. The summed E-state index contributed by atoms with van der Waals surface area (Å²) in [6.45, 7) is 3.42. The van der Waals surface area contributed by atoms with Crippen LogP contribution in [-0.4, -0.2) is 37.4 Å². The van der Waals surface area contributed by atoms with E-state index < -0.39 is 5.60 Å². The Morgan fingerprint density at radius 1 is 1.33 bits per heavy atom. The minimum Gasteiger partial charge on any atom is -0.494 e. The second kappa shape index (κ2) is 4.56. The van der Waals surface area contributed by atoms with Gasteiger partial charge in [-0.1, -0.05) is 6.07 Å². The van der Waals surface area contributed by atoms with Crippen LogP contribution in [0.5, 0.6) is 5.75 Å². The van der Waals surface area contributed by atoms with Crippen molar-refractivity contribution in [2.24, 2.45) is 0 Å². The first-order valence-electron chi connectivity index (χ1n) is 6.59. The first-order chi connectivity index (χ1) is 9.89. The summed E-state index contributed by atoms with van der Waals surface area (Å²) in [7, 11) is 1.58. The van der Waals surface area contributed by atoms with Crippen LogP contribution < -0.4 is 10.5 Å². The maximum Gasteiger partial charge on any atom is 0.223 e. The summed E-state index contributed by atoms with van der Waals surface area (Å²) in [5, 5.41) is 15.0. The summed E-state index contributed by atoms with van der Waals surface area (Å²) in [5.41, 5.74) is 6.32. The van der Waals surface area contributed by atoms with Gasteiger partial charge >= 0.3 is 0 Å². The summed E-state index contributed by atoms with van der Waals surface area (Å²) < 4.78 is 6.79. The zero-order valence-corrected chi connectivity index (χ0v) is 12.2. The van der Waals surface area contributed by atoms with Gasteiger partial charge in [-0.15, -0.1) is 5.10 Å². The van der Waals surface area contributed by atoms with Crippen molar-refractivity contribution in [2.45, 2.75) is 25.9 Å². The standard InChI is InChI=1S/C14H17N5O2/c1-14(2,20)7-10-16-12-8-5-4-6-9(21-3)11(8)17-13(15)19(12)18-10/h4-6,20H,7H2,1-3H3,(H2,15,17). The van der Waals surface area contributed by atoms with Crippen molar-refractivity contribution in [1.29, 1.82) is 0 Å². The van der Waals surface area contributed by atoms with Gasteiger partial charge in [0.2, 0.25) is 5.95 Å². The van der Waals surface area contributed by atoms with E-state index in [-0.39, 0.29) is 5.95 Å². The number of benzene rings is 1. The number of hydrogen-bond donors (Lipinski definition) is 2. The Morgan fingerprint density at radius 3 is 2.76 bits per heavy atom. The van der Waals surface area contributed by atoms with Gasteiger partial charge in [0, 0.05) is 11.8 Å². The molecule has 0 aliphatic carbocycles. The van der Waals surface area contributed by atoms with Gasteiger partial charge in [-0.25, -0.2) is 9.97 Å². The summed E-state index contributed by atoms with van der Waals surface area (Å²) >= 11 is 0. The summed E-state index contributed by atoms with van der Waals surface area (Å²) in [4.78, 5) is 8.81. The molecule has 7 heteroatoms. The van der Waals surface area contributed by atoms with Crippen molar-refractivity contribution < 1.29 is 9.84 Å². The van der Waals surface area contributed by atoms with Crippen LogP contribution in [-0.2, 0) is 6.42 Å². The van der Waals surface area contributed by atoms with E-state index in [9.17, 15) is 5.11 Å². The molecular formula is C14H17N5O2. The topological polar surface area (TPSA) is 98.6 Å². The Morgan fingerprint density at radius 2 is 2.10 bits per heavy atom. The fraction of sp³-hybridized carbons (Fsp3) is 0.357. The Kier molecular flexibility index (Phi) is 2.94. The zero-order valence-electron chi connectivity index (χ0n) is 12.2. The van der Waals surface area contributed by atoms with Gasteiger partial charge in [0.25, 0.3) is 0 Å². The zero-order chi connectivity index (χ0) is 15.2. The molecule has 21 heavy (non-hydrogen) atoms. The molecule has 0 fully saturated rings. The van der Waals surface area contributed by atoms with Gasteiger partial charge in [-0.2, -0.15) is 4.52 Å². The second-order valence-electron chi connectivity index (χ2n) is 5.58. The lowest BCUT2D eigenvalue weighted by Crippen LogP contribution is -2.22. The van der Waals surface area contributed by atoms with E-state index in [2.05, 4.69) is 15.1 Å². The van der Waals surface area contributed by atoms with Gasteiger partial charge in [0.15, 0.2) is 11.5 Å². The number of nitrogens with two attached hydrogens (primary N) is 1. The number of para-hydroxylation sites is 1. The van der Waals surface area contributed by atoms with E-state index in [0.717, 1.165) is 5.39 Å². The van der Waals surface area contributed by atoms with Crippen molar-refractivity contribution in [3.05, 3.63) is 24.0 Å². The van der Waals surface area contributed by atoms with Crippen LogP contribution in [0.25, 0.3) is 16.6 Å². The minimum atomic E-state index is -0.888. The van der Waals surface area contributed by atoms with Crippen LogP contribution in [0.2, 0.25) is 0 Å². The Labute approximate surface area is 121 Å². The smallest absolute Gasteiger partial charge is 0.223 e. The third-order valence-electron chi connectivity index (χ3n) is 3.14. The van der Waals surface area contributed by atoms with Crippen LogP contribution in [0.3, 0.4) is 0 Å². The van der Waals surface area contributed by atoms with Crippen LogP contribution in [0.15, 0.2) is 18.2 Å². The molecular weight excluding hydrogens is 270 g/mol. The molecule has 0 saturated carbocycles. The first-order valence-corrected chi connectivity index (χ1v) is 6.59. The Hall–Kier alpha value is -2.41. The van der Waals surface area contributed by atoms with Gasteiger partial charge in [0.1, 0.15) is 11.3 Å². The van der Waals surface area contributed by atoms with Crippen molar-refractivity contribution in [1.82, 2.24) is 19.6 Å². The maximum absolute atomic E-state index is 9.90. The molecule has 0 bridgehead atoms. The van der Waals surface area contributed by atoms with E-state index in [4.69, 9.17) is 10.5 Å².